The van der Waals surface area contributed by atoms with Crippen molar-refractivity contribution in [1.29, 1.82) is 63.1 Å². The van der Waals surface area contributed by atoms with E-state index in [1.165, 1.54) is 0 Å². The van der Waals surface area contributed by atoms with Gasteiger partial charge in [0.2, 0.25) is 0 Å². The normalized spacial score (nSPS) is 0.800. The second kappa shape index (κ2) is 7870. The van der Waals surface area contributed by atoms with E-state index >= 15 is 0 Å². The van der Waals surface area contributed by atoms with Crippen LogP contribution in [-0.2, 0) is 51.2 Å². The molecule has 0 aromatic rings. The standard InChI is InChI=1S/12CN.3Fe.3Na/c12*1-2;;;;;;/q12*-1;3*+3;3*+1. The predicted molar refractivity (Wildman–Crippen MR) is 59.6 cm³/mol. The van der Waals surface area contributed by atoms with Crippen LogP contribution in [0.3, 0.4) is 0 Å². The summed E-state index contributed by atoms with van der Waals surface area (Å²) in [5, 5.41) is 75.0. The van der Waals surface area contributed by atoms with Crippen LogP contribution in [-0.4, -0.2) is 0 Å². The minimum atomic E-state index is 0. The molecule has 0 aliphatic carbocycles. The van der Waals surface area contributed by atoms with Crippen molar-refractivity contribution in [2.75, 3.05) is 0 Å². The van der Waals surface area contributed by atoms with Crippen LogP contribution in [0, 0.1) is 142 Å². The zero-order valence-corrected chi connectivity index (χ0v) is 24.7. The third kappa shape index (κ3) is 7020. The molecule has 18 heteroatoms. The maximum Gasteiger partial charge on any atom is 3.00 e. The molecule has 0 aliphatic rings. The van der Waals surface area contributed by atoms with Gasteiger partial charge >= 0.3 is 140 Å². The van der Waals surface area contributed by atoms with Gasteiger partial charge in [-0.05, 0) is 0 Å². The SMILES string of the molecule is [C-]#N.[C-]#N.[C-]#N.[C-]#N.[C-]#N.[C-]#N.[C-]#N.[C-]#N.[C-]#N.[C-]#N.[C-]#N.[C-]#N.[Fe+3].[Fe+3].[Fe+3].[Na+].[Na+].[Na+]. The van der Waals surface area contributed by atoms with Crippen molar-refractivity contribution in [3.63, 3.8) is 0 Å². The Morgan fingerprint density at radius 3 is 0.167 bits per heavy atom. The van der Waals surface area contributed by atoms with E-state index in [2.05, 4.69) is 0 Å². The molecule has 0 amide bonds. The van der Waals surface area contributed by atoms with E-state index in [-0.39, 0.29) is 140 Å². The average molecular weight is 549 g/mol. The molecular weight excluding hydrogens is 549 g/mol. The molecule has 0 saturated carbocycles. The molecule has 0 N–H and O–H groups in total. The van der Waals surface area contributed by atoms with Gasteiger partial charge in [0.15, 0.2) is 0 Å². The van der Waals surface area contributed by atoms with Crippen molar-refractivity contribution < 1.29 is 140 Å². The zero-order chi connectivity index (χ0) is 24.0. The monoisotopic (exact) mass is 549 g/mol. The number of hydrogen-bond acceptors (Lipinski definition) is 12. The van der Waals surface area contributed by atoms with Crippen molar-refractivity contribution in [3.8, 4) is 0 Å². The molecule has 0 aliphatic heterocycles. The second-order valence-corrected chi connectivity index (χ2v) is 0. The predicted octanol–water partition coefficient (Wildman–Crippen LogP) is -7.84. The minimum Gasteiger partial charge on any atom is -0.512 e. The van der Waals surface area contributed by atoms with E-state index in [1.807, 2.05) is 0 Å². The molecule has 135 valence electrons. The van der Waals surface area contributed by atoms with Crippen LogP contribution in [0.2, 0.25) is 0 Å². The van der Waals surface area contributed by atoms with Crippen LogP contribution < -0.4 is 88.7 Å². The molecular formula is C12Fe3N12Na3. The summed E-state index contributed by atoms with van der Waals surface area (Å²) in [4.78, 5) is 0. The Hall–Kier alpha value is -1.56. The molecule has 0 spiro atoms. The topological polar surface area (TPSA) is 285 Å². The van der Waals surface area contributed by atoms with Gasteiger partial charge in [-0.25, -0.2) is 0 Å². The van der Waals surface area contributed by atoms with Crippen LogP contribution in [0.4, 0.5) is 0 Å². The summed E-state index contributed by atoms with van der Waals surface area (Å²) in [5.74, 6) is 0. The largest absolute Gasteiger partial charge is 3.00 e. The van der Waals surface area contributed by atoms with E-state index in [0.717, 1.165) is 0 Å². The number of rotatable bonds is 0. The van der Waals surface area contributed by atoms with Gasteiger partial charge in [-0.15, -0.1) is 0 Å². The summed E-state index contributed by atoms with van der Waals surface area (Å²) in [5.41, 5.74) is 0. The van der Waals surface area contributed by atoms with E-state index in [1.54, 1.807) is 0 Å². The molecule has 0 saturated heterocycles. The molecule has 0 bridgehead atoms. The average Bonchev–Trinajstić information content (AvgIpc) is 2.84. The van der Waals surface area contributed by atoms with Gasteiger partial charge in [0.05, 0.1) is 0 Å². The van der Waals surface area contributed by atoms with Crippen LogP contribution in [0.5, 0.6) is 0 Å². The summed E-state index contributed by atoms with van der Waals surface area (Å²) >= 11 is 0. The Bertz CT molecular complexity index is 238. The molecule has 12 nitrogen and oxygen atoms in total. The van der Waals surface area contributed by atoms with E-state index in [9.17, 15) is 0 Å². The summed E-state index contributed by atoms with van der Waals surface area (Å²) in [6, 6.07) is 0. The number of hydrogen-bond donors (Lipinski definition) is 0. The molecule has 0 atom stereocenters. The van der Waals surface area contributed by atoms with Crippen LogP contribution in [0.25, 0.3) is 0 Å². The molecule has 0 heterocycles. The second-order valence-electron chi connectivity index (χ2n) is 0. The van der Waals surface area contributed by atoms with Crippen molar-refractivity contribution in [2.45, 2.75) is 0 Å². The Morgan fingerprint density at radius 1 is 0.167 bits per heavy atom. The maximum atomic E-state index is 6.25. The van der Waals surface area contributed by atoms with Gasteiger partial charge in [-0.3, -0.25) is 0 Å². The third-order valence-electron chi connectivity index (χ3n) is 0. The van der Waals surface area contributed by atoms with E-state index in [4.69, 9.17) is 142 Å². The Balaban J connectivity index is -0.00000000321. The summed E-state index contributed by atoms with van der Waals surface area (Å²) < 4.78 is 0. The fourth-order valence-electron chi connectivity index (χ4n) is 0. The van der Waals surface area contributed by atoms with Gasteiger partial charge in [-0.1, -0.05) is 0 Å². The molecule has 0 aromatic carbocycles. The first-order valence-corrected chi connectivity index (χ1v) is 2.68. The van der Waals surface area contributed by atoms with Crippen molar-refractivity contribution in [3.05, 3.63) is 78.9 Å². The Labute approximate surface area is 278 Å². The van der Waals surface area contributed by atoms with Crippen molar-refractivity contribution in [1.82, 2.24) is 0 Å². The minimum absolute atomic E-state index is 0. The van der Waals surface area contributed by atoms with Crippen LogP contribution in [0.1, 0.15) is 0 Å². The summed E-state index contributed by atoms with van der Waals surface area (Å²) in [6.45, 7) is 57.0. The summed E-state index contributed by atoms with van der Waals surface area (Å²) in [7, 11) is 0. The first-order chi connectivity index (χ1) is 12.0. The fourth-order valence-corrected chi connectivity index (χ4v) is 0. The number of nitrogens with zero attached hydrogens (tertiary/aromatic N) is 12. The molecule has 0 aromatic heterocycles. The van der Waals surface area contributed by atoms with Gasteiger partial charge in [0, 0.05) is 0 Å². The first kappa shape index (κ1) is 196. The Kier molecular flexibility index (Phi) is 51500. The zero-order valence-electron chi connectivity index (χ0n) is 15.4. The summed E-state index contributed by atoms with van der Waals surface area (Å²) in [6.07, 6.45) is 0. The van der Waals surface area contributed by atoms with Crippen molar-refractivity contribution >= 4 is 0 Å². The smallest absolute Gasteiger partial charge is 0.512 e. The van der Waals surface area contributed by atoms with Gasteiger partial charge in [0.25, 0.3) is 0 Å². The van der Waals surface area contributed by atoms with Gasteiger partial charge < -0.3 is 142 Å². The maximum absolute atomic E-state index is 6.25. The quantitative estimate of drug-likeness (QED) is 0.201. The van der Waals surface area contributed by atoms with Gasteiger partial charge in [0.1, 0.15) is 0 Å². The van der Waals surface area contributed by atoms with E-state index in [0.29, 0.717) is 0 Å². The first-order valence-electron chi connectivity index (χ1n) is 2.68. The fraction of sp³-hybridized carbons (Fsp3) is 0. The van der Waals surface area contributed by atoms with E-state index < -0.39 is 0 Å². The van der Waals surface area contributed by atoms with Crippen molar-refractivity contribution in [2.24, 2.45) is 0 Å². The molecule has 3 radical (unpaired) electrons. The van der Waals surface area contributed by atoms with Gasteiger partial charge in [-0.2, -0.15) is 0 Å². The van der Waals surface area contributed by atoms with Crippen LogP contribution in [0.15, 0.2) is 0 Å². The molecule has 30 heavy (non-hydrogen) atoms. The molecule has 0 unspecified atom stereocenters. The molecule has 0 fully saturated rings. The third-order valence-corrected chi connectivity index (χ3v) is 0. The van der Waals surface area contributed by atoms with Crippen LogP contribution >= 0.6 is 0 Å². The molecule has 0 rings (SSSR count). The Morgan fingerprint density at radius 2 is 0.167 bits per heavy atom.